The van der Waals surface area contributed by atoms with Gasteiger partial charge in [0.05, 0.1) is 11.6 Å². The number of hydrogen-bond acceptors (Lipinski definition) is 4. The summed E-state index contributed by atoms with van der Waals surface area (Å²) in [5, 5.41) is 3.31. The van der Waals surface area contributed by atoms with Gasteiger partial charge in [0.1, 0.15) is 0 Å². The SMILES string of the molecule is Cn1cc(C(=O)N2CCNCC2c2cccnc2)ccc1=O. The molecule has 1 aliphatic rings. The van der Waals surface area contributed by atoms with E-state index in [1.807, 2.05) is 17.0 Å². The molecule has 6 nitrogen and oxygen atoms in total. The smallest absolute Gasteiger partial charge is 0.255 e. The monoisotopic (exact) mass is 298 g/mol. The molecule has 114 valence electrons. The van der Waals surface area contributed by atoms with Gasteiger partial charge in [-0.25, -0.2) is 0 Å². The van der Waals surface area contributed by atoms with Crippen LogP contribution in [0.2, 0.25) is 0 Å². The maximum Gasteiger partial charge on any atom is 0.255 e. The molecule has 6 heteroatoms. The Balaban J connectivity index is 1.91. The van der Waals surface area contributed by atoms with Gasteiger partial charge < -0.3 is 14.8 Å². The Bertz CT molecular complexity index is 726. The van der Waals surface area contributed by atoms with Gasteiger partial charge in [0, 0.05) is 51.3 Å². The van der Waals surface area contributed by atoms with E-state index in [1.165, 1.54) is 10.6 Å². The molecule has 3 rings (SSSR count). The van der Waals surface area contributed by atoms with Crippen molar-refractivity contribution in [3.8, 4) is 0 Å². The molecule has 0 aliphatic carbocycles. The van der Waals surface area contributed by atoms with Crippen LogP contribution in [0.25, 0.3) is 0 Å². The molecule has 3 heterocycles. The maximum absolute atomic E-state index is 12.8. The number of carbonyl (C=O) groups is 1. The van der Waals surface area contributed by atoms with Crippen molar-refractivity contribution in [2.24, 2.45) is 7.05 Å². The van der Waals surface area contributed by atoms with E-state index in [4.69, 9.17) is 0 Å². The van der Waals surface area contributed by atoms with Gasteiger partial charge in [-0.3, -0.25) is 14.6 Å². The van der Waals surface area contributed by atoms with E-state index in [9.17, 15) is 9.59 Å². The van der Waals surface area contributed by atoms with Crippen LogP contribution in [-0.4, -0.2) is 40.0 Å². The molecule has 1 fully saturated rings. The molecule has 1 amide bonds. The van der Waals surface area contributed by atoms with Crippen LogP contribution in [0.5, 0.6) is 0 Å². The minimum atomic E-state index is -0.124. The maximum atomic E-state index is 12.8. The number of aryl methyl sites for hydroxylation is 1. The van der Waals surface area contributed by atoms with Crippen LogP contribution < -0.4 is 10.9 Å². The van der Waals surface area contributed by atoms with Gasteiger partial charge in [-0.2, -0.15) is 0 Å². The molecule has 1 unspecified atom stereocenters. The average molecular weight is 298 g/mol. The topological polar surface area (TPSA) is 67.2 Å². The quantitative estimate of drug-likeness (QED) is 0.880. The Morgan fingerprint density at radius 3 is 2.95 bits per heavy atom. The number of aromatic nitrogens is 2. The Morgan fingerprint density at radius 2 is 2.23 bits per heavy atom. The molecule has 1 atom stereocenters. The second-order valence-electron chi connectivity index (χ2n) is 5.37. The first-order valence-electron chi connectivity index (χ1n) is 7.25. The van der Waals surface area contributed by atoms with Gasteiger partial charge in [0.25, 0.3) is 5.91 Å². The number of amides is 1. The van der Waals surface area contributed by atoms with E-state index in [0.29, 0.717) is 18.7 Å². The van der Waals surface area contributed by atoms with Gasteiger partial charge in [-0.05, 0) is 17.7 Å². The van der Waals surface area contributed by atoms with Crippen LogP contribution >= 0.6 is 0 Å². The van der Waals surface area contributed by atoms with Crippen LogP contribution in [0.3, 0.4) is 0 Å². The normalized spacial score (nSPS) is 18.2. The summed E-state index contributed by atoms with van der Waals surface area (Å²) >= 11 is 0. The first kappa shape index (κ1) is 14.5. The third-order valence-corrected chi connectivity index (χ3v) is 3.91. The second kappa shape index (κ2) is 6.11. The van der Waals surface area contributed by atoms with Crippen molar-refractivity contribution in [3.63, 3.8) is 0 Å². The van der Waals surface area contributed by atoms with Crippen molar-refractivity contribution in [2.45, 2.75) is 6.04 Å². The van der Waals surface area contributed by atoms with Crippen LogP contribution in [0.1, 0.15) is 22.0 Å². The van der Waals surface area contributed by atoms with Crippen molar-refractivity contribution in [2.75, 3.05) is 19.6 Å². The first-order valence-corrected chi connectivity index (χ1v) is 7.25. The number of nitrogens with zero attached hydrogens (tertiary/aromatic N) is 3. The van der Waals surface area contributed by atoms with Crippen LogP contribution in [0, 0.1) is 0 Å². The Morgan fingerprint density at radius 1 is 1.36 bits per heavy atom. The van der Waals surface area contributed by atoms with Gasteiger partial charge in [-0.1, -0.05) is 6.07 Å². The molecule has 2 aromatic rings. The van der Waals surface area contributed by atoms with Crippen molar-refractivity contribution >= 4 is 5.91 Å². The molecule has 2 aromatic heterocycles. The molecule has 0 spiro atoms. The lowest BCUT2D eigenvalue weighted by Crippen LogP contribution is -2.48. The lowest BCUT2D eigenvalue weighted by Gasteiger charge is -2.36. The van der Waals surface area contributed by atoms with Gasteiger partial charge >= 0.3 is 0 Å². The molecule has 1 saturated heterocycles. The number of pyridine rings is 2. The number of piperazine rings is 1. The third-order valence-electron chi connectivity index (χ3n) is 3.91. The lowest BCUT2D eigenvalue weighted by molar-refractivity contribution is 0.0633. The number of nitrogens with one attached hydrogen (secondary N) is 1. The predicted octanol–water partition coefficient (Wildman–Crippen LogP) is 0.567. The Labute approximate surface area is 128 Å². The zero-order chi connectivity index (χ0) is 15.5. The lowest BCUT2D eigenvalue weighted by atomic mass is 10.0. The Hall–Kier alpha value is -2.47. The molecule has 0 saturated carbocycles. The number of rotatable bonds is 2. The van der Waals surface area contributed by atoms with Gasteiger partial charge in [-0.15, -0.1) is 0 Å². The van der Waals surface area contributed by atoms with Crippen LogP contribution in [-0.2, 0) is 7.05 Å². The van der Waals surface area contributed by atoms with E-state index in [1.54, 1.807) is 31.7 Å². The Kier molecular flexibility index (Phi) is 4.02. The fourth-order valence-corrected chi connectivity index (χ4v) is 2.70. The highest BCUT2D eigenvalue weighted by Crippen LogP contribution is 2.23. The molecule has 0 radical (unpaired) electrons. The highest BCUT2D eigenvalue weighted by atomic mass is 16.2. The molecular formula is C16H18N4O2. The molecular weight excluding hydrogens is 280 g/mol. The van der Waals surface area contributed by atoms with E-state index < -0.39 is 0 Å². The predicted molar refractivity (Wildman–Crippen MR) is 82.6 cm³/mol. The third kappa shape index (κ3) is 2.78. The van der Waals surface area contributed by atoms with Gasteiger partial charge in [0.2, 0.25) is 5.56 Å². The minimum absolute atomic E-state index is 0.0489. The van der Waals surface area contributed by atoms with Crippen molar-refractivity contribution in [1.29, 1.82) is 0 Å². The summed E-state index contributed by atoms with van der Waals surface area (Å²) in [6.45, 7) is 2.08. The van der Waals surface area contributed by atoms with Crippen molar-refractivity contribution in [1.82, 2.24) is 19.8 Å². The molecule has 0 bridgehead atoms. The summed E-state index contributed by atoms with van der Waals surface area (Å²) in [4.78, 5) is 30.3. The standard InChI is InChI=1S/C16H18N4O2/c1-19-11-13(4-5-15(19)21)16(22)20-8-7-18-10-14(20)12-3-2-6-17-9-12/h2-6,9,11,14,18H,7-8,10H2,1H3. The minimum Gasteiger partial charge on any atom is -0.329 e. The second-order valence-corrected chi connectivity index (χ2v) is 5.37. The summed E-state index contributed by atoms with van der Waals surface area (Å²) in [6, 6.07) is 6.82. The first-order chi connectivity index (χ1) is 10.7. The van der Waals surface area contributed by atoms with E-state index >= 15 is 0 Å². The molecule has 0 aromatic carbocycles. The highest BCUT2D eigenvalue weighted by Gasteiger charge is 2.28. The van der Waals surface area contributed by atoms with Crippen LogP contribution in [0.15, 0.2) is 47.7 Å². The van der Waals surface area contributed by atoms with Crippen molar-refractivity contribution in [3.05, 3.63) is 64.3 Å². The summed E-state index contributed by atoms with van der Waals surface area (Å²) in [6.07, 6.45) is 5.10. The fraction of sp³-hybridized carbons (Fsp3) is 0.312. The average Bonchev–Trinajstić information content (AvgIpc) is 2.57. The largest absolute Gasteiger partial charge is 0.329 e. The van der Waals surface area contributed by atoms with E-state index in [2.05, 4.69) is 10.3 Å². The zero-order valence-electron chi connectivity index (χ0n) is 12.4. The highest BCUT2D eigenvalue weighted by molar-refractivity contribution is 5.94. The molecule has 1 aliphatic heterocycles. The summed E-state index contributed by atoms with van der Waals surface area (Å²) < 4.78 is 1.43. The van der Waals surface area contributed by atoms with Crippen molar-refractivity contribution < 1.29 is 4.79 Å². The van der Waals surface area contributed by atoms with Gasteiger partial charge in [0.15, 0.2) is 0 Å². The number of hydrogen-bond donors (Lipinski definition) is 1. The summed E-state index contributed by atoms with van der Waals surface area (Å²) in [7, 11) is 1.65. The fourth-order valence-electron chi connectivity index (χ4n) is 2.70. The van der Waals surface area contributed by atoms with Crippen LogP contribution in [0.4, 0.5) is 0 Å². The molecule has 22 heavy (non-hydrogen) atoms. The molecule has 1 N–H and O–H groups in total. The van der Waals surface area contributed by atoms with E-state index in [0.717, 1.165) is 12.1 Å². The number of carbonyl (C=O) groups excluding carboxylic acids is 1. The summed E-state index contributed by atoms with van der Waals surface area (Å²) in [5.74, 6) is -0.0639. The summed E-state index contributed by atoms with van der Waals surface area (Å²) in [5.41, 5.74) is 1.41. The zero-order valence-corrected chi connectivity index (χ0v) is 12.4. The van der Waals surface area contributed by atoms with E-state index in [-0.39, 0.29) is 17.5 Å².